The van der Waals surface area contributed by atoms with Crippen molar-refractivity contribution in [2.75, 3.05) is 0 Å². The lowest BCUT2D eigenvalue weighted by atomic mass is 10.1. The summed E-state index contributed by atoms with van der Waals surface area (Å²) in [6.07, 6.45) is 3.80. The SMILES string of the molecule is C[C@@H](OC(=O)/C=C\c1cccc2cccnc12)C(=O)c1ccc(Br)cc1. The molecule has 0 unspecified atom stereocenters. The number of aromatic nitrogens is 1. The van der Waals surface area contributed by atoms with Crippen molar-refractivity contribution >= 4 is 44.7 Å². The Bertz CT molecular complexity index is 975. The topological polar surface area (TPSA) is 56.3 Å². The predicted octanol–water partition coefficient (Wildman–Crippen LogP) is 4.83. The second-order valence-electron chi connectivity index (χ2n) is 5.71. The summed E-state index contributed by atoms with van der Waals surface area (Å²) in [5, 5.41) is 0.988. The minimum absolute atomic E-state index is 0.244. The van der Waals surface area contributed by atoms with Crippen LogP contribution in [-0.4, -0.2) is 22.8 Å². The van der Waals surface area contributed by atoms with Crippen LogP contribution in [0.1, 0.15) is 22.8 Å². The summed E-state index contributed by atoms with van der Waals surface area (Å²) in [5.74, 6) is -0.818. The molecule has 0 saturated heterocycles. The van der Waals surface area contributed by atoms with Crippen LogP contribution in [0.3, 0.4) is 0 Å². The number of benzene rings is 2. The normalized spacial score (nSPS) is 12.2. The molecule has 0 saturated carbocycles. The van der Waals surface area contributed by atoms with Crippen molar-refractivity contribution in [2.24, 2.45) is 0 Å². The number of carbonyl (C=O) groups is 2. The van der Waals surface area contributed by atoms with Gasteiger partial charge in [-0.25, -0.2) is 4.79 Å². The minimum Gasteiger partial charge on any atom is -0.451 e. The smallest absolute Gasteiger partial charge is 0.331 e. The number of rotatable bonds is 5. The first kappa shape index (κ1) is 18.0. The Morgan fingerprint density at radius 2 is 1.81 bits per heavy atom. The van der Waals surface area contributed by atoms with E-state index in [9.17, 15) is 9.59 Å². The van der Waals surface area contributed by atoms with E-state index in [4.69, 9.17) is 4.74 Å². The van der Waals surface area contributed by atoms with Crippen LogP contribution in [0.2, 0.25) is 0 Å². The van der Waals surface area contributed by atoms with Gasteiger partial charge in [-0.05, 0) is 31.2 Å². The quantitative estimate of drug-likeness (QED) is 0.344. The third kappa shape index (κ3) is 4.24. The second kappa shape index (κ2) is 8.06. The molecule has 0 spiro atoms. The molecule has 0 aliphatic rings. The van der Waals surface area contributed by atoms with E-state index < -0.39 is 12.1 Å². The maximum Gasteiger partial charge on any atom is 0.331 e. The van der Waals surface area contributed by atoms with Crippen molar-refractivity contribution in [2.45, 2.75) is 13.0 Å². The van der Waals surface area contributed by atoms with Crippen molar-refractivity contribution in [3.63, 3.8) is 0 Å². The second-order valence-corrected chi connectivity index (χ2v) is 6.62. The van der Waals surface area contributed by atoms with Crippen LogP contribution in [0.4, 0.5) is 0 Å². The summed E-state index contributed by atoms with van der Waals surface area (Å²) in [6, 6.07) is 16.5. The van der Waals surface area contributed by atoms with Gasteiger partial charge in [0.05, 0.1) is 5.52 Å². The van der Waals surface area contributed by atoms with E-state index in [2.05, 4.69) is 20.9 Å². The zero-order chi connectivity index (χ0) is 18.5. The molecule has 0 bridgehead atoms. The molecule has 0 amide bonds. The van der Waals surface area contributed by atoms with Crippen LogP contribution in [-0.2, 0) is 9.53 Å². The number of nitrogens with zero attached hydrogens (tertiary/aromatic N) is 1. The first-order chi connectivity index (χ1) is 12.5. The number of halogens is 1. The number of ether oxygens (including phenoxy) is 1. The fourth-order valence-electron chi connectivity index (χ4n) is 2.54. The molecule has 1 atom stereocenters. The van der Waals surface area contributed by atoms with E-state index in [1.807, 2.05) is 30.3 Å². The number of para-hydroxylation sites is 1. The fraction of sp³-hybridized carbons (Fsp3) is 0.0952. The van der Waals surface area contributed by atoms with Crippen molar-refractivity contribution in [3.05, 3.63) is 82.5 Å². The minimum atomic E-state index is -0.862. The van der Waals surface area contributed by atoms with Gasteiger partial charge in [-0.3, -0.25) is 9.78 Å². The molecule has 3 rings (SSSR count). The number of Topliss-reactive ketones (excluding diaryl/α,β-unsaturated/α-hetero) is 1. The van der Waals surface area contributed by atoms with E-state index in [1.165, 1.54) is 6.08 Å². The Morgan fingerprint density at radius 1 is 1.08 bits per heavy atom. The zero-order valence-corrected chi connectivity index (χ0v) is 15.6. The Labute approximate surface area is 159 Å². The van der Waals surface area contributed by atoms with Crippen LogP contribution in [0.25, 0.3) is 17.0 Å². The molecular formula is C21H16BrNO3. The summed E-state index contributed by atoms with van der Waals surface area (Å²) < 4.78 is 6.10. The number of hydrogen-bond donors (Lipinski definition) is 0. The molecular weight excluding hydrogens is 394 g/mol. The average Bonchev–Trinajstić information content (AvgIpc) is 2.66. The molecule has 0 fully saturated rings. The molecule has 4 nitrogen and oxygen atoms in total. The fourth-order valence-corrected chi connectivity index (χ4v) is 2.80. The lowest BCUT2D eigenvalue weighted by Crippen LogP contribution is -2.23. The van der Waals surface area contributed by atoms with Gasteiger partial charge in [0.1, 0.15) is 0 Å². The number of carbonyl (C=O) groups excluding carboxylic acids is 2. The van der Waals surface area contributed by atoms with Gasteiger partial charge in [0.2, 0.25) is 5.78 Å². The standard InChI is InChI=1S/C21H16BrNO3/c1-14(21(25)17-7-10-18(22)11-8-17)26-19(24)12-9-16-5-2-4-15-6-3-13-23-20(15)16/h2-14H,1H3/b12-9-/t14-/m1/s1. The van der Waals surface area contributed by atoms with Gasteiger partial charge in [-0.2, -0.15) is 0 Å². The number of pyridine rings is 1. The van der Waals surface area contributed by atoms with Gasteiger partial charge in [0.15, 0.2) is 6.10 Å². The van der Waals surface area contributed by atoms with Gasteiger partial charge in [-0.15, -0.1) is 0 Å². The summed E-state index contributed by atoms with van der Waals surface area (Å²) in [6.45, 7) is 1.57. The third-order valence-electron chi connectivity index (χ3n) is 3.85. The monoisotopic (exact) mass is 409 g/mol. The molecule has 0 N–H and O–H groups in total. The van der Waals surface area contributed by atoms with Crippen LogP contribution >= 0.6 is 15.9 Å². The lowest BCUT2D eigenvalue weighted by Gasteiger charge is -2.11. The maximum atomic E-state index is 12.3. The van der Waals surface area contributed by atoms with Crippen molar-refractivity contribution in [1.82, 2.24) is 4.98 Å². The molecule has 1 heterocycles. The van der Waals surface area contributed by atoms with Gasteiger partial charge in [-0.1, -0.05) is 52.3 Å². The molecule has 0 radical (unpaired) electrons. The Morgan fingerprint density at radius 3 is 2.58 bits per heavy atom. The molecule has 0 aliphatic carbocycles. The molecule has 0 aliphatic heterocycles. The number of fused-ring (bicyclic) bond motifs is 1. The largest absolute Gasteiger partial charge is 0.451 e. The Balaban J connectivity index is 1.68. The number of esters is 1. The average molecular weight is 410 g/mol. The number of ketones is 1. The molecule has 1 aromatic heterocycles. The van der Waals surface area contributed by atoms with Crippen molar-refractivity contribution < 1.29 is 14.3 Å². The highest BCUT2D eigenvalue weighted by Gasteiger charge is 2.18. The highest BCUT2D eigenvalue weighted by molar-refractivity contribution is 9.10. The van der Waals surface area contributed by atoms with E-state index in [-0.39, 0.29) is 5.78 Å². The summed E-state index contributed by atoms with van der Waals surface area (Å²) in [7, 11) is 0. The summed E-state index contributed by atoms with van der Waals surface area (Å²) >= 11 is 3.32. The zero-order valence-electron chi connectivity index (χ0n) is 14.1. The summed E-state index contributed by atoms with van der Waals surface area (Å²) in [4.78, 5) is 28.7. The lowest BCUT2D eigenvalue weighted by molar-refractivity contribution is -0.140. The van der Waals surface area contributed by atoms with Gasteiger partial charge in [0.25, 0.3) is 0 Å². The summed E-state index contributed by atoms with van der Waals surface area (Å²) in [5.41, 5.74) is 2.11. The predicted molar refractivity (Wildman–Crippen MR) is 105 cm³/mol. The van der Waals surface area contributed by atoms with E-state index in [1.54, 1.807) is 43.5 Å². The Kier molecular flexibility index (Phi) is 5.58. The molecule has 2 aromatic carbocycles. The third-order valence-corrected chi connectivity index (χ3v) is 4.38. The van der Waals surface area contributed by atoms with Crippen LogP contribution in [0.5, 0.6) is 0 Å². The molecule has 130 valence electrons. The van der Waals surface area contributed by atoms with Gasteiger partial charge < -0.3 is 4.74 Å². The van der Waals surface area contributed by atoms with E-state index in [0.29, 0.717) is 5.56 Å². The van der Waals surface area contributed by atoms with Crippen molar-refractivity contribution in [3.8, 4) is 0 Å². The first-order valence-corrected chi connectivity index (χ1v) is 8.86. The first-order valence-electron chi connectivity index (χ1n) is 8.07. The van der Waals surface area contributed by atoms with Crippen LogP contribution in [0, 0.1) is 0 Å². The van der Waals surface area contributed by atoms with E-state index in [0.717, 1.165) is 20.9 Å². The highest BCUT2D eigenvalue weighted by Crippen LogP contribution is 2.17. The Hall–Kier alpha value is -2.79. The molecule has 26 heavy (non-hydrogen) atoms. The molecule has 5 heteroatoms. The van der Waals surface area contributed by atoms with Crippen LogP contribution < -0.4 is 0 Å². The maximum absolute atomic E-state index is 12.3. The highest BCUT2D eigenvalue weighted by atomic mass is 79.9. The van der Waals surface area contributed by atoms with Crippen LogP contribution in [0.15, 0.2) is 71.3 Å². The van der Waals surface area contributed by atoms with Crippen molar-refractivity contribution in [1.29, 1.82) is 0 Å². The van der Waals surface area contributed by atoms with Gasteiger partial charge in [0, 0.05) is 33.3 Å². The number of hydrogen-bond acceptors (Lipinski definition) is 4. The van der Waals surface area contributed by atoms with E-state index >= 15 is 0 Å². The molecule has 3 aromatic rings. The van der Waals surface area contributed by atoms with Gasteiger partial charge >= 0.3 is 5.97 Å².